The van der Waals surface area contributed by atoms with E-state index in [0.717, 1.165) is 25.9 Å². The molecule has 1 saturated carbocycles. The lowest BCUT2D eigenvalue weighted by Gasteiger charge is -2.28. The predicted octanol–water partition coefficient (Wildman–Crippen LogP) is 0.0349. The first-order valence-corrected chi connectivity index (χ1v) is 15.6. The minimum atomic E-state index is -4.89. The molecule has 0 aromatic carbocycles. The molecule has 1 unspecified atom stereocenters. The van der Waals surface area contributed by atoms with Crippen LogP contribution in [0.5, 0.6) is 0 Å². The summed E-state index contributed by atoms with van der Waals surface area (Å²) in [4.78, 5) is 38.5. The Morgan fingerprint density at radius 2 is 1.86 bits per heavy atom. The van der Waals surface area contributed by atoms with Gasteiger partial charge in [-0.3, -0.25) is 9.13 Å². The van der Waals surface area contributed by atoms with Crippen LogP contribution in [0, 0.1) is 11.8 Å². The first-order valence-electron chi connectivity index (χ1n) is 11.6. The fraction of sp³-hybridized carbons (Fsp3) is 0.737. The van der Waals surface area contributed by atoms with Crippen molar-refractivity contribution < 1.29 is 48.4 Å². The molecule has 7 atom stereocenters. The second kappa shape index (κ2) is 9.76. The van der Waals surface area contributed by atoms with E-state index in [9.17, 15) is 29.3 Å². The average Bonchev–Trinajstić information content (AvgIpc) is 3.54. The van der Waals surface area contributed by atoms with E-state index >= 15 is 0 Å². The third-order valence-corrected chi connectivity index (χ3v) is 11.0. The van der Waals surface area contributed by atoms with Crippen LogP contribution in [0.4, 0.5) is 5.82 Å². The van der Waals surface area contributed by atoms with E-state index in [1.54, 1.807) is 0 Å². The van der Waals surface area contributed by atoms with Crippen LogP contribution in [0.25, 0.3) is 11.0 Å². The molecule has 2 aromatic rings. The third kappa shape index (κ3) is 5.20. The summed E-state index contributed by atoms with van der Waals surface area (Å²) in [6.45, 7) is -0.250. The van der Waals surface area contributed by atoms with E-state index in [-0.39, 0.29) is 10.9 Å². The largest absolute Gasteiger partial charge is 0.393 e. The predicted molar refractivity (Wildman–Crippen MR) is 128 cm³/mol. The number of hydrogen-bond acceptors (Lipinski definition) is 11. The van der Waals surface area contributed by atoms with Gasteiger partial charge in [0.1, 0.15) is 23.6 Å². The fourth-order valence-electron chi connectivity index (χ4n) is 5.55. The first kappa shape index (κ1) is 27.4. The molecule has 18 heteroatoms. The van der Waals surface area contributed by atoms with Gasteiger partial charge >= 0.3 is 15.2 Å². The highest BCUT2D eigenvalue weighted by Gasteiger charge is 2.57. The summed E-state index contributed by atoms with van der Waals surface area (Å²) in [5, 5.41) is 36.4. The van der Waals surface area contributed by atoms with Crippen LogP contribution >= 0.6 is 26.8 Å². The molecule has 1 aliphatic carbocycles. The summed E-state index contributed by atoms with van der Waals surface area (Å²) in [6.07, 6.45) is 0.225. The van der Waals surface area contributed by atoms with Crippen molar-refractivity contribution in [2.45, 2.75) is 43.3 Å². The van der Waals surface area contributed by atoms with Crippen LogP contribution in [-0.4, -0.2) is 99.8 Å². The third-order valence-electron chi connectivity index (χ3n) is 7.36. The second-order valence-electron chi connectivity index (χ2n) is 9.85. The lowest BCUT2D eigenvalue weighted by Crippen LogP contribution is -2.52. The van der Waals surface area contributed by atoms with Crippen molar-refractivity contribution in [2.75, 3.05) is 37.1 Å². The van der Waals surface area contributed by atoms with E-state index in [1.807, 2.05) is 0 Å². The van der Waals surface area contributed by atoms with Crippen molar-refractivity contribution in [3.8, 4) is 0 Å². The molecule has 2 aromatic heterocycles. The Kier molecular flexibility index (Phi) is 7.21. The van der Waals surface area contributed by atoms with E-state index in [0.29, 0.717) is 23.0 Å². The number of ether oxygens (including phenoxy) is 1. The molecule has 4 heterocycles. The second-order valence-corrected chi connectivity index (χ2v) is 14.2. The highest BCUT2D eigenvalue weighted by atomic mass is 35.5. The number of aromatic nitrogens is 4. The van der Waals surface area contributed by atoms with Gasteiger partial charge in [-0.25, -0.2) is 4.68 Å². The number of nitrogens with zero attached hydrogens (tertiary/aromatic N) is 5. The molecule has 3 fully saturated rings. The summed E-state index contributed by atoms with van der Waals surface area (Å²) >= 11 is 6.23. The molecule has 206 valence electrons. The molecule has 3 aliphatic rings. The highest BCUT2D eigenvalue weighted by molar-refractivity contribution is 7.70. The molecular formula is C19H28ClN5O10P2. The Bertz CT molecular complexity index is 1270. The van der Waals surface area contributed by atoms with Gasteiger partial charge in [0.2, 0.25) is 5.28 Å². The Morgan fingerprint density at radius 1 is 1.19 bits per heavy atom. The number of hydrogen-bond donors (Lipinski definition) is 6. The van der Waals surface area contributed by atoms with Crippen LogP contribution in [0.3, 0.4) is 0 Å². The zero-order valence-electron chi connectivity index (χ0n) is 19.4. The van der Waals surface area contributed by atoms with Crippen LogP contribution in [-0.2, 0) is 18.4 Å². The zero-order chi connectivity index (χ0) is 26.8. The van der Waals surface area contributed by atoms with Crippen LogP contribution < -0.4 is 4.90 Å². The Morgan fingerprint density at radius 3 is 2.49 bits per heavy atom. The van der Waals surface area contributed by atoms with E-state index in [2.05, 4.69) is 20.0 Å². The molecule has 0 radical (unpaired) electrons. The monoisotopic (exact) mass is 583 g/mol. The molecule has 0 spiro atoms. The van der Waals surface area contributed by atoms with E-state index in [4.69, 9.17) is 30.6 Å². The quantitative estimate of drug-likeness (QED) is 0.178. The molecule has 2 aliphatic heterocycles. The summed E-state index contributed by atoms with van der Waals surface area (Å²) < 4.78 is 34.8. The molecule has 0 amide bonds. The smallest absolute Gasteiger partial charge is 0.340 e. The number of aliphatic hydroxyl groups is 3. The number of aliphatic hydroxyl groups excluding tert-OH is 2. The van der Waals surface area contributed by atoms with Crippen molar-refractivity contribution >= 4 is 43.6 Å². The minimum Gasteiger partial charge on any atom is -0.393 e. The van der Waals surface area contributed by atoms with Crippen LogP contribution in [0.2, 0.25) is 5.28 Å². The lowest BCUT2D eigenvalue weighted by molar-refractivity contribution is -0.117. The molecule has 15 nitrogen and oxygen atoms in total. The van der Waals surface area contributed by atoms with Gasteiger partial charge in [0.15, 0.2) is 17.8 Å². The van der Waals surface area contributed by atoms with Gasteiger partial charge in [0.25, 0.3) is 0 Å². The molecular weight excluding hydrogens is 556 g/mol. The van der Waals surface area contributed by atoms with Crippen molar-refractivity contribution in [3.63, 3.8) is 0 Å². The van der Waals surface area contributed by atoms with Crippen LogP contribution in [0.15, 0.2) is 6.20 Å². The van der Waals surface area contributed by atoms with Gasteiger partial charge in [-0.1, -0.05) is 6.42 Å². The number of rotatable bonds is 8. The molecule has 6 N–H and O–H groups in total. The standard InChI is InChI=1S/C19H28ClN5O10P2/c20-18-22-15(24-5-10-2-1-3-11(10)6-24)12-4-21-25(16(12)23-18)17-14(27)19(28,8-26)13(35-17)7-34-37(32,33)9-36(29,30)31/h4,10-11,13-14,17,26-28H,1-3,5-9H2,(H,32,33)(H2,29,30,31)/t10-,11+,13-,14+,17-,19-/m1/s1. The molecule has 0 bridgehead atoms. The summed E-state index contributed by atoms with van der Waals surface area (Å²) in [5.41, 5.74) is -2.16. The van der Waals surface area contributed by atoms with Gasteiger partial charge in [-0.15, -0.1) is 0 Å². The summed E-state index contributed by atoms with van der Waals surface area (Å²) in [5.74, 6) is 0.287. The Balaban J connectivity index is 1.42. The van der Waals surface area contributed by atoms with Crippen molar-refractivity contribution in [1.82, 2.24) is 19.7 Å². The maximum absolute atomic E-state index is 12.1. The maximum atomic E-state index is 12.1. The summed E-state index contributed by atoms with van der Waals surface area (Å²) in [6, 6.07) is 0. The Hall–Kier alpha value is -1.22. The molecule has 37 heavy (non-hydrogen) atoms. The number of anilines is 1. The van der Waals surface area contributed by atoms with Crippen molar-refractivity contribution in [1.29, 1.82) is 0 Å². The fourth-order valence-corrected chi connectivity index (χ4v) is 8.26. The molecule has 5 rings (SSSR count). The zero-order valence-corrected chi connectivity index (χ0v) is 22.0. The number of halogens is 1. The topological polar surface area (TPSA) is 221 Å². The molecule has 2 saturated heterocycles. The van der Waals surface area contributed by atoms with Crippen molar-refractivity contribution in [2.24, 2.45) is 11.8 Å². The summed E-state index contributed by atoms with van der Waals surface area (Å²) in [7, 11) is -9.68. The van der Waals surface area contributed by atoms with Crippen LogP contribution in [0.1, 0.15) is 25.5 Å². The van der Waals surface area contributed by atoms with Gasteiger partial charge < -0.3 is 44.2 Å². The average molecular weight is 584 g/mol. The van der Waals surface area contributed by atoms with E-state index in [1.165, 1.54) is 17.3 Å². The SMILES string of the molecule is O=P(O)(O)CP(=O)(O)OC[C@H]1O[C@@H](n2ncc3c(N4C[C@H]5CCC[C@H]5C4)nc(Cl)nc32)[C@H](O)[C@@]1(O)CO. The van der Waals surface area contributed by atoms with Gasteiger partial charge in [0, 0.05) is 13.1 Å². The van der Waals surface area contributed by atoms with Gasteiger partial charge in [-0.2, -0.15) is 15.1 Å². The number of fused-ring (bicyclic) bond motifs is 2. The lowest BCUT2D eigenvalue weighted by atomic mass is 9.93. The first-order chi connectivity index (χ1) is 17.3. The van der Waals surface area contributed by atoms with Crippen molar-refractivity contribution in [3.05, 3.63) is 11.5 Å². The van der Waals surface area contributed by atoms with E-state index < -0.39 is 58.3 Å². The normalized spacial score (nSPS) is 33.8. The highest BCUT2D eigenvalue weighted by Crippen LogP contribution is 2.56. The Labute approximate surface area is 215 Å². The maximum Gasteiger partial charge on any atom is 0.340 e. The van der Waals surface area contributed by atoms with Gasteiger partial charge in [-0.05, 0) is 36.3 Å². The van der Waals surface area contributed by atoms with Gasteiger partial charge in [0.05, 0.1) is 24.8 Å². The minimum absolute atomic E-state index is 0.0650.